The fraction of sp³-hybridized carbons (Fsp3) is 0.500. The van der Waals surface area contributed by atoms with Gasteiger partial charge in [-0.05, 0) is 37.1 Å². The lowest BCUT2D eigenvalue weighted by Crippen LogP contribution is -2.46. The molecular weight excluding hydrogens is 326 g/mol. The number of carbonyl (C=O) groups is 1. The monoisotopic (exact) mass is 351 g/mol. The van der Waals surface area contributed by atoms with E-state index < -0.39 is 0 Å². The molecule has 1 aliphatic rings. The Morgan fingerprint density at radius 1 is 1.25 bits per heavy atom. The maximum absolute atomic E-state index is 12.2. The molecule has 0 radical (unpaired) electrons. The van der Waals surface area contributed by atoms with Crippen molar-refractivity contribution in [1.29, 1.82) is 0 Å². The van der Waals surface area contributed by atoms with Gasteiger partial charge in [0.15, 0.2) is 0 Å². The molecule has 0 saturated carbocycles. The number of aryl methyl sites for hydroxylation is 2. The normalized spacial score (nSPS) is 15.2. The van der Waals surface area contributed by atoms with Crippen LogP contribution in [0.15, 0.2) is 22.8 Å². The second kappa shape index (κ2) is 8.51. The summed E-state index contributed by atoms with van der Waals surface area (Å²) in [7, 11) is 0. The smallest absolute Gasteiger partial charge is 0.224 e. The number of nitrogens with zero attached hydrogens (tertiary/aromatic N) is 1. The number of halogens is 1. The predicted octanol–water partition coefficient (Wildman–Crippen LogP) is 2.04. The highest BCUT2D eigenvalue weighted by molar-refractivity contribution is 5.88. The zero-order valence-electron chi connectivity index (χ0n) is 14.4. The summed E-state index contributed by atoms with van der Waals surface area (Å²) in [6.45, 7) is 9.95. The van der Waals surface area contributed by atoms with Gasteiger partial charge in [0.05, 0.1) is 12.7 Å². The first-order chi connectivity index (χ1) is 11.1. The zero-order valence-corrected chi connectivity index (χ0v) is 15.2. The quantitative estimate of drug-likeness (QED) is 0.865. The number of furan rings is 1. The van der Waals surface area contributed by atoms with Gasteiger partial charge in [0.25, 0.3) is 0 Å². The molecule has 2 aromatic rings. The zero-order chi connectivity index (χ0) is 16.2. The molecule has 1 aliphatic heterocycles. The van der Waals surface area contributed by atoms with Gasteiger partial charge in [-0.2, -0.15) is 0 Å². The summed E-state index contributed by atoms with van der Waals surface area (Å²) >= 11 is 0. The Morgan fingerprint density at radius 2 is 1.96 bits per heavy atom. The number of fused-ring (bicyclic) bond motifs is 1. The number of benzene rings is 1. The Kier molecular flexibility index (Phi) is 6.66. The Bertz CT molecular complexity index is 693. The van der Waals surface area contributed by atoms with Crippen LogP contribution in [0, 0.1) is 13.8 Å². The van der Waals surface area contributed by atoms with Crippen molar-refractivity contribution in [1.82, 2.24) is 15.5 Å². The number of amides is 1. The van der Waals surface area contributed by atoms with Crippen LogP contribution in [0.25, 0.3) is 11.0 Å². The highest BCUT2D eigenvalue weighted by Crippen LogP contribution is 2.25. The Labute approximate surface area is 149 Å². The molecule has 5 nitrogen and oxygen atoms in total. The van der Waals surface area contributed by atoms with Crippen molar-refractivity contribution in [3.8, 4) is 0 Å². The first kappa shape index (κ1) is 18.8. The minimum Gasteiger partial charge on any atom is -0.464 e. The highest BCUT2D eigenvalue weighted by atomic mass is 35.5. The van der Waals surface area contributed by atoms with Crippen molar-refractivity contribution in [2.45, 2.75) is 20.3 Å². The Balaban J connectivity index is 0.00000208. The molecule has 1 saturated heterocycles. The third-order valence-electron chi connectivity index (χ3n) is 4.58. The van der Waals surface area contributed by atoms with Crippen LogP contribution in [0.5, 0.6) is 0 Å². The van der Waals surface area contributed by atoms with Crippen LogP contribution in [-0.4, -0.2) is 50.1 Å². The molecule has 24 heavy (non-hydrogen) atoms. The molecule has 2 N–H and O–H groups in total. The Hall–Kier alpha value is -1.56. The fourth-order valence-electron chi connectivity index (χ4n) is 3.00. The van der Waals surface area contributed by atoms with E-state index in [2.05, 4.69) is 35.4 Å². The number of piperazine rings is 1. The molecule has 6 heteroatoms. The van der Waals surface area contributed by atoms with Crippen LogP contribution >= 0.6 is 12.4 Å². The van der Waals surface area contributed by atoms with Gasteiger partial charge < -0.3 is 15.1 Å². The average molecular weight is 352 g/mol. The first-order valence-corrected chi connectivity index (χ1v) is 8.30. The number of nitrogens with one attached hydrogen (secondary N) is 2. The van der Waals surface area contributed by atoms with Gasteiger partial charge in [0, 0.05) is 50.2 Å². The van der Waals surface area contributed by atoms with Gasteiger partial charge in [-0.3, -0.25) is 9.69 Å². The number of hydrogen-bond acceptors (Lipinski definition) is 4. The molecule has 0 atom stereocenters. The van der Waals surface area contributed by atoms with Crippen molar-refractivity contribution in [2.75, 3.05) is 39.3 Å². The third kappa shape index (κ3) is 4.50. The van der Waals surface area contributed by atoms with Crippen LogP contribution < -0.4 is 10.6 Å². The molecule has 0 spiro atoms. The van der Waals surface area contributed by atoms with Gasteiger partial charge in [-0.1, -0.05) is 0 Å². The van der Waals surface area contributed by atoms with E-state index in [4.69, 9.17) is 4.42 Å². The number of carbonyl (C=O) groups excluding carboxylic acids is 1. The summed E-state index contributed by atoms with van der Waals surface area (Å²) in [5.41, 5.74) is 4.25. The van der Waals surface area contributed by atoms with E-state index in [1.807, 2.05) is 6.07 Å². The van der Waals surface area contributed by atoms with E-state index in [0.717, 1.165) is 49.3 Å². The van der Waals surface area contributed by atoms with Crippen molar-refractivity contribution >= 4 is 29.3 Å². The fourth-order valence-corrected chi connectivity index (χ4v) is 3.00. The minimum atomic E-state index is 0. The second-order valence-electron chi connectivity index (χ2n) is 6.31. The first-order valence-electron chi connectivity index (χ1n) is 8.30. The molecule has 2 heterocycles. The van der Waals surface area contributed by atoms with Gasteiger partial charge in [0.2, 0.25) is 5.91 Å². The van der Waals surface area contributed by atoms with Crippen molar-refractivity contribution in [3.63, 3.8) is 0 Å². The van der Waals surface area contributed by atoms with Crippen LogP contribution in [0.1, 0.15) is 16.7 Å². The second-order valence-corrected chi connectivity index (χ2v) is 6.31. The van der Waals surface area contributed by atoms with E-state index >= 15 is 0 Å². The maximum atomic E-state index is 12.2. The van der Waals surface area contributed by atoms with E-state index in [1.165, 1.54) is 11.1 Å². The van der Waals surface area contributed by atoms with Gasteiger partial charge >= 0.3 is 0 Å². The van der Waals surface area contributed by atoms with E-state index in [-0.39, 0.29) is 18.3 Å². The lowest BCUT2D eigenvalue weighted by Gasteiger charge is -2.27. The molecule has 0 aliphatic carbocycles. The third-order valence-corrected chi connectivity index (χ3v) is 4.58. The predicted molar refractivity (Wildman–Crippen MR) is 99.0 cm³/mol. The summed E-state index contributed by atoms with van der Waals surface area (Å²) < 4.78 is 5.59. The van der Waals surface area contributed by atoms with Crippen molar-refractivity contribution in [2.24, 2.45) is 0 Å². The lowest BCUT2D eigenvalue weighted by molar-refractivity contribution is -0.120. The summed E-state index contributed by atoms with van der Waals surface area (Å²) in [6.07, 6.45) is 2.08. The maximum Gasteiger partial charge on any atom is 0.224 e. The SMILES string of the molecule is Cc1cc2occ(CC(=O)NCCN3CCNCC3)c2cc1C.Cl. The summed E-state index contributed by atoms with van der Waals surface area (Å²) in [5, 5.41) is 7.39. The van der Waals surface area contributed by atoms with E-state index in [0.29, 0.717) is 13.0 Å². The van der Waals surface area contributed by atoms with Gasteiger partial charge in [-0.15, -0.1) is 12.4 Å². The molecule has 1 aromatic carbocycles. The standard InChI is InChI=1S/C18H25N3O2.ClH/c1-13-9-16-15(12-23-17(16)10-14(13)2)11-18(22)20-5-8-21-6-3-19-4-7-21;/h9-10,12,19H,3-8,11H2,1-2H3,(H,20,22);1H. The van der Waals surface area contributed by atoms with Crippen LogP contribution in [0.2, 0.25) is 0 Å². The minimum absolute atomic E-state index is 0. The average Bonchev–Trinajstić information content (AvgIpc) is 2.91. The summed E-state index contributed by atoms with van der Waals surface area (Å²) in [6, 6.07) is 4.15. The van der Waals surface area contributed by atoms with E-state index in [9.17, 15) is 4.79 Å². The van der Waals surface area contributed by atoms with Crippen molar-refractivity contribution < 1.29 is 9.21 Å². The molecule has 1 aromatic heterocycles. The highest BCUT2D eigenvalue weighted by Gasteiger charge is 2.13. The molecule has 132 valence electrons. The van der Waals surface area contributed by atoms with E-state index in [1.54, 1.807) is 6.26 Å². The molecule has 0 unspecified atom stereocenters. The van der Waals surface area contributed by atoms with Gasteiger partial charge in [0.1, 0.15) is 5.58 Å². The molecule has 1 amide bonds. The van der Waals surface area contributed by atoms with Crippen LogP contribution in [-0.2, 0) is 11.2 Å². The topological polar surface area (TPSA) is 57.5 Å². The van der Waals surface area contributed by atoms with Gasteiger partial charge in [-0.25, -0.2) is 0 Å². The molecule has 3 rings (SSSR count). The number of rotatable bonds is 5. The van der Waals surface area contributed by atoms with Crippen LogP contribution in [0.3, 0.4) is 0 Å². The number of hydrogen-bond donors (Lipinski definition) is 2. The molecule has 0 bridgehead atoms. The Morgan fingerprint density at radius 3 is 2.71 bits per heavy atom. The summed E-state index contributed by atoms with van der Waals surface area (Å²) in [5.74, 6) is 0.0565. The largest absolute Gasteiger partial charge is 0.464 e. The van der Waals surface area contributed by atoms with Crippen molar-refractivity contribution in [3.05, 3.63) is 35.1 Å². The molecule has 1 fully saturated rings. The lowest BCUT2D eigenvalue weighted by atomic mass is 10.0. The molecular formula is C18H26ClN3O2. The summed E-state index contributed by atoms with van der Waals surface area (Å²) in [4.78, 5) is 14.5. The van der Waals surface area contributed by atoms with Crippen LogP contribution in [0.4, 0.5) is 0 Å².